The van der Waals surface area contributed by atoms with Crippen LogP contribution < -0.4 is 0 Å². The minimum atomic E-state index is -3.54. The summed E-state index contributed by atoms with van der Waals surface area (Å²) in [5.41, 5.74) is 1.93. The van der Waals surface area contributed by atoms with Crippen LogP contribution in [0.3, 0.4) is 0 Å². The average Bonchev–Trinajstić information content (AvgIpc) is 2.77. The summed E-state index contributed by atoms with van der Waals surface area (Å²) in [6.07, 6.45) is 3.92. The molecular formula is C12H14N2O2S. The van der Waals surface area contributed by atoms with E-state index in [9.17, 15) is 8.42 Å². The predicted octanol–water partition coefficient (Wildman–Crippen LogP) is 1.99. The molecule has 0 aliphatic carbocycles. The highest BCUT2D eigenvalue weighted by atomic mass is 32.2. The first-order chi connectivity index (χ1) is 8.04. The fourth-order valence-electron chi connectivity index (χ4n) is 1.53. The van der Waals surface area contributed by atoms with Crippen molar-refractivity contribution < 1.29 is 8.42 Å². The van der Waals surface area contributed by atoms with Crippen molar-refractivity contribution in [2.75, 3.05) is 0 Å². The van der Waals surface area contributed by atoms with Gasteiger partial charge in [-0.05, 0) is 36.6 Å². The third-order valence-electron chi connectivity index (χ3n) is 2.56. The molecule has 0 atom stereocenters. The molecule has 90 valence electrons. The van der Waals surface area contributed by atoms with E-state index in [1.54, 1.807) is 19.1 Å². The Kier molecular flexibility index (Phi) is 3.02. The molecule has 0 saturated carbocycles. The zero-order chi connectivity index (χ0) is 12.5. The van der Waals surface area contributed by atoms with Gasteiger partial charge >= 0.3 is 0 Å². The quantitative estimate of drug-likeness (QED) is 0.837. The van der Waals surface area contributed by atoms with Crippen molar-refractivity contribution in [1.82, 2.24) is 9.19 Å². The molecule has 4 nitrogen and oxygen atoms in total. The van der Waals surface area contributed by atoms with Gasteiger partial charge in [-0.1, -0.05) is 19.1 Å². The van der Waals surface area contributed by atoms with Crippen molar-refractivity contribution in [3.05, 3.63) is 47.8 Å². The third kappa shape index (κ3) is 2.24. The normalized spacial score (nSPS) is 11.6. The lowest BCUT2D eigenvalue weighted by atomic mass is 10.2. The Morgan fingerprint density at radius 3 is 2.35 bits per heavy atom. The summed E-state index contributed by atoms with van der Waals surface area (Å²) >= 11 is 0. The molecule has 0 fully saturated rings. The van der Waals surface area contributed by atoms with Crippen LogP contribution in [0.4, 0.5) is 0 Å². The molecule has 2 aromatic rings. The summed E-state index contributed by atoms with van der Waals surface area (Å²) in [5.74, 6) is 0. The van der Waals surface area contributed by atoms with Crippen LogP contribution in [0.5, 0.6) is 0 Å². The summed E-state index contributed by atoms with van der Waals surface area (Å²) in [4.78, 5) is 0.262. The van der Waals surface area contributed by atoms with E-state index < -0.39 is 10.0 Å². The van der Waals surface area contributed by atoms with Crippen LogP contribution in [0.1, 0.15) is 18.1 Å². The second-order valence-electron chi connectivity index (χ2n) is 3.89. The van der Waals surface area contributed by atoms with Crippen molar-refractivity contribution in [1.29, 1.82) is 0 Å². The van der Waals surface area contributed by atoms with Gasteiger partial charge in [-0.25, -0.2) is 0 Å². The topological polar surface area (TPSA) is 52.0 Å². The minimum absolute atomic E-state index is 0.262. The number of aromatic nitrogens is 2. The molecule has 0 unspecified atom stereocenters. The van der Waals surface area contributed by atoms with Crippen molar-refractivity contribution in [2.45, 2.75) is 25.2 Å². The van der Waals surface area contributed by atoms with Gasteiger partial charge in [0, 0.05) is 6.20 Å². The Hall–Kier alpha value is -1.62. The highest BCUT2D eigenvalue weighted by Crippen LogP contribution is 2.14. The fourth-order valence-corrected chi connectivity index (χ4v) is 2.70. The van der Waals surface area contributed by atoms with Crippen molar-refractivity contribution in [3.8, 4) is 0 Å². The van der Waals surface area contributed by atoms with Crippen LogP contribution in [0.15, 0.2) is 41.6 Å². The number of rotatable bonds is 3. The van der Waals surface area contributed by atoms with E-state index in [2.05, 4.69) is 5.10 Å². The van der Waals surface area contributed by atoms with E-state index in [1.165, 1.54) is 12.4 Å². The molecule has 0 saturated heterocycles. The molecule has 0 bridgehead atoms. The zero-order valence-corrected chi connectivity index (χ0v) is 10.6. The number of benzene rings is 1. The van der Waals surface area contributed by atoms with Crippen LogP contribution in [-0.2, 0) is 16.4 Å². The van der Waals surface area contributed by atoms with Crippen molar-refractivity contribution in [3.63, 3.8) is 0 Å². The van der Waals surface area contributed by atoms with E-state index in [0.29, 0.717) is 0 Å². The standard InChI is InChI=1S/C12H14N2O2S/c1-3-11-4-6-12(7-5-11)17(15,16)14-9-10(2)8-13-14/h4-9H,3H2,1-2H3. The second kappa shape index (κ2) is 4.33. The number of hydrogen-bond donors (Lipinski definition) is 0. The maximum absolute atomic E-state index is 12.1. The Morgan fingerprint density at radius 1 is 1.24 bits per heavy atom. The Bertz CT molecular complexity index is 612. The lowest BCUT2D eigenvalue weighted by molar-refractivity contribution is 0.580. The first-order valence-electron chi connectivity index (χ1n) is 5.40. The average molecular weight is 250 g/mol. The van der Waals surface area contributed by atoms with Crippen LogP contribution in [0.2, 0.25) is 0 Å². The molecule has 0 N–H and O–H groups in total. The molecule has 1 aromatic carbocycles. The highest BCUT2D eigenvalue weighted by Gasteiger charge is 2.17. The van der Waals surface area contributed by atoms with E-state index in [0.717, 1.165) is 21.6 Å². The van der Waals surface area contributed by atoms with Crippen molar-refractivity contribution >= 4 is 10.0 Å². The largest absolute Gasteiger partial charge is 0.282 e. The lowest BCUT2D eigenvalue weighted by Gasteiger charge is -2.04. The molecular weight excluding hydrogens is 236 g/mol. The maximum Gasteiger partial charge on any atom is 0.282 e. The fraction of sp³-hybridized carbons (Fsp3) is 0.250. The van der Waals surface area contributed by atoms with E-state index in [1.807, 2.05) is 19.1 Å². The molecule has 1 heterocycles. The molecule has 2 rings (SSSR count). The zero-order valence-electron chi connectivity index (χ0n) is 9.79. The first-order valence-corrected chi connectivity index (χ1v) is 6.84. The molecule has 0 aliphatic rings. The molecule has 0 amide bonds. The smallest absolute Gasteiger partial charge is 0.199 e. The lowest BCUT2D eigenvalue weighted by Crippen LogP contribution is -2.13. The maximum atomic E-state index is 12.1. The molecule has 0 spiro atoms. The van der Waals surface area contributed by atoms with Gasteiger partial charge in [-0.3, -0.25) is 0 Å². The number of aryl methyl sites for hydroxylation is 2. The van der Waals surface area contributed by atoms with Gasteiger partial charge < -0.3 is 0 Å². The Morgan fingerprint density at radius 2 is 1.88 bits per heavy atom. The predicted molar refractivity (Wildman–Crippen MR) is 65.4 cm³/mol. The van der Waals surface area contributed by atoms with Crippen LogP contribution in [0.25, 0.3) is 0 Å². The molecule has 5 heteroatoms. The summed E-state index contributed by atoms with van der Waals surface area (Å²) < 4.78 is 25.3. The number of hydrogen-bond acceptors (Lipinski definition) is 3. The van der Waals surface area contributed by atoms with Crippen LogP contribution in [0, 0.1) is 6.92 Å². The van der Waals surface area contributed by atoms with Gasteiger partial charge in [0.1, 0.15) is 0 Å². The third-order valence-corrected chi connectivity index (χ3v) is 4.13. The van der Waals surface area contributed by atoms with Crippen LogP contribution >= 0.6 is 0 Å². The molecule has 17 heavy (non-hydrogen) atoms. The van der Waals surface area contributed by atoms with E-state index >= 15 is 0 Å². The summed E-state index contributed by atoms with van der Waals surface area (Å²) in [7, 11) is -3.54. The summed E-state index contributed by atoms with van der Waals surface area (Å²) in [6.45, 7) is 3.83. The van der Waals surface area contributed by atoms with Crippen molar-refractivity contribution in [2.24, 2.45) is 0 Å². The summed E-state index contributed by atoms with van der Waals surface area (Å²) in [5, 5.41) is 3.84. The Labute approximate surface area is 101 Å². The molecule has 0 aliphatic heterocycles. The van der Waals surface area contributed by atoms with Gasteiger partial charge in [0.25, 0.3) is 10.0 Å². The molecule has 0 radical (unpaired) electrons. The van der Waals surface area contributed by atoms with Gasteiger partial charge in [-0.15, -0.1) is 0 Å². The second-order valence-corrected chi connectivity index (χ2v) is 5.69. The SMILES string of the molecule is CCc1ccc(S(=O)(=O)n2cc(C)cn2)cc1. The molecule has 1 aromatic heterocycles. The van der Waals surface area contributed by atoms with E-state index in [4.69, 9.17) is 0 Å². The van der Waals surface area contributed by atoms with Gasteiger partial charge in [0.05, 0.1) is 11.1 Å². The van der Waals surface area contributed by atoms with Crippen LogP contribution in [-0.4, -0.2) is 17.6 Å². The Balaban J connectivity index is 2.44. The first kappa shape index (κ1) is 11.9. The van der Waals surface area contributed by atoms with Gasteiger partial charge in [0.2, 0.25) is 0 Å². The number of nitrogens with zero attached hydrogens (tertiary/aromatic N) is 2. The monoisotopic (exact) mass is 250 g/mol. The highest BCUT2D eigenvalue weighted by molar-refractivity contribution is 7.89. The van der Waals surface area contributed by atoms with Gasteiger partial charge in [-0.2, -0.15) is 17.6 Å². The van der Waals surface area contributed by atoms with E-state index in [-0.39, 0.29) is 4.90 Å². The summed E-state index contributed by atoms with van der Waals surface area (Å²) in [6, 6.07) is 6.88. The minimum Gasteiger partial charge on any atom is -0.199 e. The van der Waals surface area contributed by atoms with Gasteiger partial charge in [0.15, 0.2) is 0 Å².